The van der Waals surface area contributed by atoms with E-state index in [0.717, 1.165) is 17.9 Å². The maximum absolute atomic E-state index is 11.3. The van der Waals surface area contributed by atoms with Crippen LogP contribution in [0.5, 0.6) is 0 Å². The van der Waals surface area contributed by atoms with Crippen molar-refractivity contribution in [1.82, 2.24) is 10.0 Å². The summed E-state index contributed by atoms with van der Waals surface area (Å²) >= 11 is 5.95. The van der Waals surface area contributed by atoms with Gasteiger partial charge in [0.05, 0.1) is 5.75 Å². The number of hydrogen-bond donors (Lipinski definition) is 2. The van der Waals surface area contributed by atoms with Crippen molar-refractivity contribution in [2.45, 2.75) is 18.9 Å². The van der Waals surface area contributed by atoms with Gasteiger partial charge in [-0.25, -0.2) is 13.1 Å². The van der Waals surface area contributed by atoms with Crippen LogP contribution in [0.2, 0.25) is 5.02 Å². The van der Waals surface area contributed by atoms with E-state index in [1.54, 1.807) is 0 Å². The van der Waals surface area contributed by atoms with Crippen LogP contribution in [0, 0.1) is 0 Å². The molecule has 1 atom stereocenters. The maximum Gasteiger partial charge on any atom is 0.212 e. The second kappa shape index (κ2) is 5.57. The van der Waals surface area contributed by atoms with Crippen LogP contribution < -0.4 is 10.0 Å². The summed E-state index contributed by atoms with van der Waals surface area (Å²) < 4.78 is 24.8. The fourth-order valence-corrected chi connectivity index (χ4v) is 3.02. The summed E-state index contributed by atoms with van der Waals surface area (Å²) in [7, 11) is -1.69. The Bertz CT molecular complexity index is 531. The zero-order valence-electron chi connectivity index (χ0n) is 10.2. The van der Waals surface area contributed by atoms with Crippen molar-refractivity contribution in [3.63, 3.8) is 0 Å². The van der Waals surface area contributed by atoms with Crippen LogP contribution in [0.3, 0.4) is 0 Å². The van der Waals surface area contributed by atoms with E-state index >= 15 is 0 Å². The van der Waals surface area contributed by atoms with E-state index in [4.69, 9.17) is 11.6 Å². The first kappa shape index (κ1) is 13.8. The molecule has 0 aliphatic heterocycles. The van der Waals surface area contributed by atoms with Crippen LogP contribution in [-0.2, 0) is 22.9 Å². The molecule has 0 fully saturated rings. The first-order valence-electron chi connectivity index (χ1n) is 5.92. The molecule has 0 amide bonds. The Labute approximate surface area is 113 Å². The predicted octanol–water partition coefficient (Wildman–Crippen LogP) is 0.946. The van der Waals surface area contributed by atoms with Crippen molar-refractivity contribution in [2.75, 3.05) is 19.3 Å². The second-order valence-corrected chi connectivity index (χ2v) is 6.98. The summed E-state index contributed by atoms with van der Waals surface area (Å²) in [6.45, 7) is 0.468. The molecule has 2 N–H and O–H groups in total. The smallest absolute Gasteiger partial charge is 0.212 e. The van der Waals surface area contributed by atoms with Gasteiger partial charge in [-0.1, -0.05) is 17.7 Å². The van der Waals surface area contributed by atoms with Crippen LogP contribution >= 0.6 is 11.6 Å². The van der Waals surface area contributed by atoms with E-state index in [-0.39, 0.29) is 5.75 Å². The monoisotopic (exact) mass is 288 g/mol. The van der Waals surface area contributed by atoms with Gasteiger partial charge in [-0.15, -0.1) is 0 Å². The largest absolute Gasteiger partial charge is 0.312 e. The van der Waals surface area contributed by atoms with Gasteiger partial charge in [0, 0.05) is 17.6 Å². The number of fused-ring (bicyclic) bond motifs is 1. The molecule has 1 aromatic carbocycles. The summed E-state index contributed by atoms with van der Waals surface area (Å²) in [6, 6.07) is 6.24. The van der Waals surface area contributed by atoms with Crippen molar-refractivity contribution in [2.24, 2.45) is 0 Å². The minimum atomic E-state index is -3.12. The van der Waals surface area contributed by atoms with Crippen molar-refractivity contribution in [3.05, 3.63) is 34.3 Å². The molecule has 0 aromatic heterocycles. The van der Waals surface area contributed by atoms with Gasteiger partial charge in [0.15, 0.2) is 0 Å². The molecule has 1 aliphatic carbocycles. The predicted molar refractivity (Wildman–Crippen MR) is 73.5 cm³/mol. The Balaban J connectivity index is 1.85. The average molecular weight is 289 g/mol. The van der Waals surface area contributed by atoms with E-state index in [9.17, 15) is 8.42 Å². The molecule has 0 saturated carbocycles. The Kier molecular flexibility index (Phi) is 4.27. The third-order valence-corrected chi connectivity index (χ3v) is 4.81. The first-order chi connectivity index (χ1) is 8.50. The van der Waals surface area contributed by atoms with Crippen LogP contribution in [-0.4, -0.2) is 33.8 Å². The highest BCUT2D eigenvalue weighted by molar-refractivity contribution is 7.89. The van der Waals surface area contributed by atoms with Crippen molar-refractivity contribution in [3.8, 4) is 0 Å². The van der Waals surface area contributed by atoms with E-state index < -0.39 is 10.0 Å². The number of benzene rings is 1. The minimum Gasteiger partial charge on any atom is -0.312 e. The lowest BCUT2D eigenvalue weighted by Crippen LogP contribution is -2.36. The minimum absolute atomic E-state index is 0.108. The molecular weight excluding hydrogens is 272 g/mol. The fourth-order valence-electron chi connectivity index (χ4n) is 2.23. The molecule has 0 saturated heterocycles. The lowest BCUT2D eigenvalue weighted by atomic mass is 10.1. The zero-order valence-corrected chi connectivity index (χ0v) is 11.8. The molecule has 1 aliphatic rings. The molecule has 4 nitrogen and oxygen atoms in total. The van der Waals surface area contributed by atoms with Crippen molar-refractivity contribution < 1.29 is 8.42 Å². The second-order valence-electron chi connectivity index (χ2n) is 4.50. The first-order valence-corrected chi connectivity index (χ1v) is 7.95. The summed E-state index contributed by atoms with van der Waals surface area (Å²) in [6.07, 6.45) is 1.85. The van der Waals surface area contributed by atoms with Gasteiger partial charge in [0.2, 0.25) is 10.0 Å². The van der Waals surface area contributed by atoms with Crippen LogP contribution in [0.15, 0.2) is 18.2 Å². The summed E-state index contributed by atoms with van der Waals surface area (Å²) in [5, 5.41) is 4.03. The Morgan fingerprint density at radius 3 is 2.78 bits per heavy atom. The Morgan fingerprint density at radius 1 is 1.33 bits per heavy atom. The Morgan fingerprint density at radius 2 is 2.06 bits per heavy atom. The quantitative estimate of drug-likeness (QED) is 0.848. The fraction of sp³-hybridized carbons (Fsp3) is 0.500. The van der Waals surface area contributed by atoms with E-state index in [0.29, 0.717) is 12.6 Å². The van der Waals surface area contributed by atoms with Gasteiger partial charge < -0.3 is 5.32 Å². The van der Waals surface area contributed by atoms with Gasteiger partial charge in [0.25, 0.3) is 0 Å². The van der Waals surface area contributed by atoms with Gasteiger partial charge in [-0.05, 0) is 43.1 Å². The molecule has 0 bridgehead atoms. The summed E-state index contributed by atoms with van der Waals surface area (Å²) in [5.74, 6) is 0.108. The van der Waals surface area contributed by atoms with Crippen LogP contribution in [0.1, 0.15) is 11.1 Å². The number of halogens is 1. The van der Waals surface area contributed by atoms with Gasteiger partial charge >= 0.3 is 0 Å². The summed E-state index contributed by atoms with van der Waals surface area (Å²) in [5.41, 5.74) is 2.56. The van der Waals surface area contributed by atoms with Crippen molar-refractivity contribution >= 4 is 21.6 Å². The number of rotatable bonds is 5. The SMILES string of the molecule is CNS(=O)(=O)CCNC1Cc2ccc(Cl)cc2C1. The van der Waals surface area contributed by atoms with E-state index in [1.165, 1.54) is 18.2 Å². The molecule has 0 spiro atoms. The molecule has 100 valence electrons. The molecular formula is C12H17ClN2O2S. The topological polar surface area (TPSA) is 58.2 Å². The third kappa shape index (κ3) is 3.45. The zero-order chi connectivity index (χ0) is 13.2. The maximum atomic E-state index is 11.3. The van der Waals surface area contributed by atoms with Gasteiger partial charge in [0.1, 0.15) is 0 Å². The molecule has 18 heavy (non-hydrogen) atoms. The third-order valence-electron chi connectivity index (χ3n) is 3.22. The average Bonchev–Trinajstić information content (AvgIpc) is 2.70. The number of sulfonamides is 1. The molecule has 0 heterocycles. The van der Waals surface area contributed by atoms with E-state index in [2.05, 4.69) is 10.0 Å². The van der Waals surface area contributed by atoms with Gasteiger partial charge in [-0.3, -0.25) is 0 Å². The van der Waals surface area contributed by atoms with E-state index in [1.807, 2.05) is 18.2 Å². The normalized spacial score (nSPS) is 18.9. The number of hydrogen-bond acceptors (Lipinski definition) is 3. The van der Waals surface area contributed by atoms with Crippen LogP contribution in [0.4, 0.5) is 0 Å². The molecule has 2 rings (SSSR count). The molecule has 1 aromatic rings. The highest BCUT2D eigenvalue weighted by Gasteiger charge is 2.21. The Hall–Kier alpha value is -0.620. The van der Waals surface area contributed by atoms with Crippen LogP contribution in [0.25, 0.3) is 0 Å². The summed E-state index contributed by atoms with van der Waals surface area (Å²) in [4.78, 5) is 0. The van der Waals surface area contributed by atoms with Gasteiger partial charge in [-0.2, -0.15) is 0 Å². The lowest BCUT2D eigenvalue weighted by molar-refractivity contribution is 0.542. The number of nitrogens with one attached hydrogen (secondary N) is 2. The lowest BCUT2D eigenvalue weighted by Gasteiger charge is -2.11. The highest BCUT2D eigenvalue weighted by Crippen LogP contribution is 2.25. The molecule has 6 heteroatoms. The van der Waals surface area contributed by atoms with Crippen molar-refractivity contribution in [1.29, 1.82) is 0 Å². The standard InChI is InChI=1S/C12H17ClN2O2S/c1-14-18(16,17)5-4-15-12-7-9-2-3-11(13)6-10(9)8-12/h2-3,6,12,14-15H,4-5,7-8H2,1H3. The molecule has 1 unspecified atom stereocenters. The highest BCUT2D eigenvalue weighted by atomic mass is 35.5. The molecule has 0 radical (unpaired) electrons.